The molecule has 90 valence electrons. The van der Waals surface area contributed by atoms with Crippen molar-refractivity contribution in [3.05, 3.63) is 0 Å². The lowest BCUT2D eigenvalue weighted by molar-refractivity contribution is -0.132. The van der Waals surface area contributed by atoms with Gasteiger partial charge in [-0.25, -0.2) is 0 Å². The summed E-state index contributed by atoms with van der Waals surface area (Å²) in [5.74, 6) is -0.236. The van der Waals surface area contributed by atoms with Crippen molar-refractivity contribution in [2.75, 3.05) is 0 Å². The molecule has 0 aromatic heterocycles. The number of unbranched alkanes of at least 4 members (excludes halogenated alkanes) is 5. The van der Waals surface area contributed by atoms with Crippen molar-refractivity contribution < 1.29 is 15.0 Å². The molecule has 15 heavy (non-hydrogen) atoms. The van der Waals surface area contributed by atoms with Crippen molar-refractivity contribution >= 4 is 5.78 Å². The van der Waals surface area contributed by atoms with Crippen LogP contribution >= 0.6 is 0 Å². The van der Waals surface area contributed by atoms with Gasteiger partial charge in [0, 0.05) is 6.42 Å². The van der Waals surface area contributed by atoms with Crippen LogP contribution in [0.3, 0.4) is 0 Å². The molecule has 0 saturated carbocycles. The molecule has 3 heteroatoms. The quantitative estimate of drug-likeness (QED) is 0.580. The molecule has 0 aliphatic heterocycles. The van der Waals surface area contributed by atoms with Gasteiger partial charge in [-0.05, 0) is 13.3 Å². The Morgan fingerprint density at radius 3 is 2.13 bits per heavy atom. The van der Waals surface area contributed by atoms with Gasteiger partial charge in [-0.15, -0.1) is 0 Å². The van der Waals surface area contributed by atoms with Crippen LogP contribution in [0.1, 0.15) is 58.8 Å². The van der Waals surface area contributed by atoms with E-state index < -0.39 is 12.2 Å². The third kappa shape index (κ3) is 7.51. The van der Waals surface area contributed by atoms with E-state index in [1.165, 1.54) is 26.2 Å². The van der Waals surface area contributed by atoms with E-state index in [1.54, 1.807) is 0 Å². The zero-order valence-electron chi connectivity index (χ0n) is 9.91. The molecular formula is C12H24O3. The largest absolute Gasteiger partial charge is 0.390 e. The molecule has 0 aliphatic rings. The molecule has 0 rings (SSSR count). The van der Waals surface area contributed by atoms with Crippen molar-refractivity contribution in [3.63, 3.8) is 0 Å². The van der Waals surface area contributed by atoms with Crippen LogP contribution in [0.25, 0.3) is 0 Å². The Labute approximate surface area is 92.5 Å². The first-order valence-electron chi connectivity index (χ1n) is 5.98. The lowest BCUT2D eigenvalue weighted by Crippen LogP contribution is -2.31. The number of ketones is 1. The Morgan fingerprint density at radius 2 is 1.60 bits per heavy atom. The molecule has 0 fully saturated rings. The fourth-order valence-corrected chi connectivity index (χ4v) is 1.50. The van der Waals surface area contributed by atoms with Gasteiger partial charge >= 0.3 is 0 Å². The van der Waals surface area contributed by atoms with Crippen LogP contribution in [0.5, 0.6) is 0 Å². The fraction of sp³-hybridized carbons (Fsp3) is 0.917. The van der Waals surface area contributed by atoms with Crippen molar-refractivity contribution in [1.82, 2.24) is 0 Å². The van der Waals surface area contributed by atoms with E-state index in [-0.39, 0.29) is 5.78 Å². The second kappa shape index (κ2) is 8.86. The summed E-state index contributed by atoms with van der Waals surface area (Å²) in [6.45, 7) is 3.60. The maximum absolute atomic E-state index is 11.3. The van der Waals surface area contributed by atoms with E-state index >= 15 is 0 Å². The summed E-state index contributed by atoms with van der Waals surface area (Å²) in [7, 11) is 0. The predicted octanol–water partition coefficient (Wildman–Crippen LogP) is 2.05. The average Bonchev–Trinajstić information content (AvgIpc) is 2.21. The van der Waals surface area contributed by atoms with Crippen LogP contribution in [-0.4, -0.2) is 28.2 Å². The van der Waals surface area contributed by atoms with Gasteiger partial charge in [0.15, 0.2) is 5.78 Å². The summed E-state index contributed by atoms with van der Waals surface area (Å²) >= 11 is 0. The molecule has 0 saturated heterocycles. The minimum Gasteiger partial charge on any atom is -0.390 e. The van der Waals surface area contributed by atoms with E-state index in [9.17, 15) is 9.90 Å². The summed E-state index contributed by atoms with van der Waals surface area (Å²) in [5, 5.41) is 18.2. The summed E-state index contributed by atoms with van der Waals surface area (Å²) in [6, 6.07) is 0. The van der Waals surface area contributed by atoms with Crippen LogP contribution in [0.15, 0.2) is 0 Å². The first kappa shape index (κ1) is 14.6. The van der Waals surface area contributed by atoms with E-state index in [1.807, 2.05) is 0 Å². The summed E-state index contributed by atoms with van der Waals surface area (Å²) in [6.07, 6.45) is 4.97. The normalized spacial score (nSPS) is 14.9. The molecule has 0 aromatic carbocycles. The van der Waals surface area contributed by atoms with Gasteiger partial charge in [0.2, 0.25) is 0 Å². The van der Waals surface area contributed by atoms with Crippen molar-refractivity contribution in [2.45, 2.75) is 71.0 Å². The van der Waals surface area contributed by atoms with Crippen LogP contribution in [0.4, 0.5) is 0 Å². The topological polar surface area (TPSA) is 57.5 Å². The summed E-state index contributed by atoms with van der Waals surface area (Å²) < 4.78 is 0. The zero-order chi connectivity index (χ0) is 11.7. The SMILES string of the molecule is CCCCCCCCC(=O)C(O)C(C)O. The van der Waals surface area contributed by atoms with E-state index in [0.717, 1.165) is 19.3 Å². The summed E-state index contributed by atoms with van der Waals surface area (Å²) in [5.41, 5.74) is 0. The third-order valence-corrected chi connectivity index (χ3v) is 2.56. The number of aliphatic hydroxyl groups is 2. The number of Topliss-reactive ketones (excluding diaryl/α,β-unsaturated/α-hetero) is 1. The molecule has 0 radical (unpaired) electrons. The lowest BCUT2D eigenvalue weighted by Gasteiger charge is -2.11. The smallest absolute Gasteiger partial charge is 0.163 e. The molecule has 0 aromatic rings. The molecule has 2 atom stereocenters. The molecule has 0 spiro atoms. The minimum absolute atomic E-state index is 0.236. The Hall–Kier alpha value is -0.410. The Kier molecular flexibility index (Phi) is 8.62. The number of rotatable bonds is 9. The van der Waals surface area contributed by atoms with E-state index in [2.05, 4.69) is 6.92 Å². The maximum atomic E-state index is 11.3. The molecule has 3 nitrogen and oxygen atoms in total. The van der Waals surface area contributed by atoms with Crippen LogP contribution in [-0.2, 0) is 4.79 Å². The van der Waals surface area contributed by atoms with Crippen molar-refractivity contribution in [2.24, 2.45) is 0 Å². The molecule has 0 amide bonds. The van der Waals surface area contributed by atoms with E-state index in [0.29, 0.717) is 6.42 Å². The van der Waals surface area contributed by atoms with Crippen LogP contribution in [0, 0.1) is 0 Å². The molecule has 2 unspecified atom stereocenters. The predicted molar refractivity (Wildman–Crippen MR) is 60.7 cm³/mol. The van der Waals surface area contributed by atoms with Crippen LogP contribution < -0.4 is 0 Å². The lowest BCUT2D eigenvalue weighted by atomic mass is 10.0. The first-order chi connectivity index (χ1) is 7.09. The van der Waals surface area contributed by atoms with Gasteiger partial charge < -0.3 is 10.2 Å². The summed E-state index contributed by atoms with van der Waals surface area (Å²) in [4.78, 5) is 11.3. The maximum Gasteiger partial charge on any atom is 0.163 e. The highest BCUT2D eigenvalue weighted by Crippen LogP contribution is 2.08. The van der Waals surface area contributed by atoms with Crippen molar-refractivity contribution in [3.8, 4) is 0 Å². The van der Waals surface area contributed by atoms with Gasteiger partial charge in [0.05, 0.1) is 6.10 Å². The Morgan fingerprint density at radius 1 is 1.07 bits per heavy atom. The van der Waals surface area contributed by atoms with Crippen LogP contribution in [0.2, 0.25) is 0 Å². The zero-order valence-corrected chi connectivity index (χ0v) is 9.91. The number of aliphatic hydroxyl groups excluding tert-OH is 2. The number of carbonyl (C=O) groups is 1. The molecule has 0 bridgehead atoms. The Bertz CT molecular complexity index is 166. The van der Waals surface area contributed by atoms with Gasteiger partial charge in [0.1, 0.15) is 6.10 Å². The third-order valence-electron chi connectivity index (χ3n) is 2.56. The molecule has 0 aliphatic carbocycles. The van der Waals surface area contributed by atoms with Gasteiger partial charge in [0.25, 0.3) is 0 Å². The highest BCUT2D eigenvalue weighted by molar-refractivity contribution is 5.83. The fourth-order valence-electron chi connectivity index (χ4n) is 1.50. The second-order valence-electron chi connectivity index (χ2n) is 4.17. The van der Waals surface area contributed by atoms with E-state index in [4.69, 9.17) is 5.11 Å². The number of hydrogen-bond acceptors (Lipinski definition) is 3. The van der Waals surface area contributed by atoms with Gasteiger partial charge in [-0.2, -0.15) is 0 Å². The highest BCUT2D eigenvalue weighted by atomic mass is 16.3. The minimum atomic E-state index is -1.19. The Balaban J connectivity index is 3.39. The first-order valence-corrected chi connectivity index (χ1v) is 5.98. The second-order valence-corrected chi connectivity index (χ2v) is 4.17. The van der Waals surface area contributed by atoms with Crippen molar-refractivity contribution in [1.29, 1.82) is 0 Å². The van der Waals surface area contributed by atoms with Gasteiger partial charge in [-0.1, -0.05) is 39.0 Å². The number of hydrogen-bond donors (Lipinski definition) is 2. The molecule has 2 N–H and O–H groups in total. The monoisotopic (exact) mass is 216 g/mol. The standard InChI is InChI=1S/C12H24O3/c1-3-4-5-6-7-8-9-11(14)12(15)10(2)13/h10,12-13,15H,3-9H2,1-2H3. The number of carbonyl (C=O) groups excluding carboxylic acids is 1. The molecular weight excluding hydrogens is 192 g/mol. The highest BCUT2D eigenvalue weighted by Gasteiger charge is 2.19. The van der Waals surface area contributed by atoms with Gasteiger partial charge in [-0.3, -0.25) is 4.79 Å². The molecule has 0 heterocycles. The average molecular weight is 216 g/mol.